The van der Waals surface area contributed by atoms with Crippen LogP contribution in [0.5, 0.6) is 5.75 Å². The third kappa shape index (κ3) is 6.59. The van der Waals surface area contributed by atoms with Gasteiger partial charge in [0, 0.05) is 31.7 Å². The van der Waals surface area contributed by atoms with Crippen LogP contribution in [-0.2, 0) is 9.53 Å². The molecule has 1 amide bonds. The number of carbonyl (C=O) groups excluding carboxylic acids is 1. The maximum Gasteiger partial charge on any atom is 0.234 e. The molecule has 0 atom stereocenters. The number of para-hydroxylation sites is 1. The van der Waals surface area contributed by atoms with E-state index in [4.69, 9.17) is 9.47 Å². The quantitative estimate of drug-likeness (QED) is 0.721. The van der Waals surface area contributed by atoms with Crippen LogP contribution >= 0.6 is 0 Å². The minimum atomic E-state index is -0.0635. The van der Waals surface area contributed by atoms with E-state index in [2.05, 4.69) is 24.1 Å². The van der Waals surface area contributed by atoms with Gasteiger partial charge in [-0.15, -0.1) is 0 Å². The number of amides is 1. The number of morpholine rings is 1. The monoisotopic (exact) mass is 363 g/mol. The van der Waals surface area contributed by atoms with Crippen LogP contribution < -0.4 is 10.1 Å². The number of ether oxygens (including phenoxy) is 2. The fourth-order valence-electron chi connectivity index (χ4n) is 3.01. The average molecular weight is 364 g/mol. The first kappa shape index (κ1) is 20.7. The number of nitrogens with one attached hydrogen (secondary N) is 1. The molecule has 1 N–H and O–H groups in total. The Morgan fingerprint density at radius 2 is 2.00 bits per heavy atom. The topological polar surface area (TPSA) is 54.0 Å². The summed E-state index contributed by atoms with van der Waals surface area (Å²) >= 11 is 0. The summed E-state index contributed by atoms with van der Waals surface area (Å²) in [7, 11) is 1.94. The summed E-state index contributed by atoms with van der Waals surface area (Å²) < 4.78 is 11.2. The fourth-order valence-corrected chi connectivity index (χ4v) is 3.01. The lowest BCUT2D eigenvalue weighted by molar-refractivity contribution is -0.122. The maximum absolute atomic E-state index is 12.2. The van der Waals surface area contributed by atoms with Crippen molar-refractivity contribution in [1.82, 2.24) is 15.1 Å². The second-order valence-corrected chi connectivity index (χ2v) is 7.54. The molecule has 26 heavy (non-hydrogen) atoms. The third-order valence-corrected chi connectivity index (χ3v) is 4.82. The van der Waals surface area contributed by atoms with Gasteiger partial charge in [-0.25, -0.2) is 0 Å². The predicted molar refractivity (Wildman–Crippen MR) is 104 cm³/mol. The Morgan fingerprint density at radius 1 is 1.31 bits per heavy atom. The number of likely N-dealkylation sites (N-methyl/N-ethyl adjacent to an activating group) is 1. The molecule has 2 rings (SSSR count). The van der Waals surface area contributed by atoms with Gasteiger partial charge in [0.15, 0.2) is 0 Å². The number of rotatable bonds is 9. The van der Waals surface area contributed by atoms with E-state index in [9.17, 15) is 4.79 Å². The van der Waals surface area contributed by atoms with Crippen LogP contribution in [0.3, 0.4) is 0 Å². The van der Waals surface area contributed by atoms with Crippen LogP contribution in [0.25, 0.3) is 0 Å². The molecule has 0 saturated carbocycles. The highest BCUT2D eigenvalue weighted by atomic mass is 16.5. The molecule has 1 heterocycles. The van der Waals surface area contributed by atoms with Crippen molar-refractivity contribution >= 4 is 5.91 Å². The molecule has 0 unspecified atom stereocenters. The van der Waals surface area contributed by atoms with Crippen molar-refractivity contribution < 1.29 is 14.3 Å². The molecule has 1 aromatic carbocycles. The molecule has 1 fully saturated rings. The van der Waals surface area contributed by atoms with Gasteiger partial charge >= 0.3 is 0 Å². The Labute approximate surface area is 157 Å². The third-order valence-electron chi connectivity index (χ3n) is 4.82. The highest BCUT2D eigenvalue weighted by Crippen LogP contribution is 2.16. The molecule has 0 aromatic heterocycles. The minimum Gasteiger partial charge on any atom is -0.492 e. The number of hydrogen-bond acceptors (Lipinski definition) is 5. The Kier molecular flexibility index (Phi) is 7.87. The maximum atomic E-state index is 12.2. The molecule has 0 aliphatic carbocycles. The van der Waals surface area contributed by atoms with Crippen molar-refractivity contribution in [3.05, 3.63) is 29.8 Å². The molecule has 0 spiro atoms. The van der Waals surface area contributed by atoms with Crippen LogP contribution in [0.4, 0.5) is 0 Å². The smallest absolute Gasteiger partial charge is 0.234 e. The number of hydrogen-bond donors (Lipinski definition) is 1. The standard InChI is InChI=1S/C20H33N3O3/c1-17-7-5-6-8-18(17)26-14-9-22(4)15-19(24)21-16-20(2,3)23-10-12-25-13-11-23/h5-8H,9-16H2,1-4H3,(H,21,24). The van der Waals surface area contributed by atoms with Gasteiger partial charge in [-0.2, -0.15) is 0 Å². The van der Waals surface area contributed by atoms with E-state index in [0.717, 1.165) is 37.6 Å². The molecule has 6 nitrogen and oxygen atoms in total. The molecule has 6 heteroatoms. The second kappa shape index (κ2) is 9.90. The Bertz CT molecular complexity index is 571. The van der Waals surface area contributed by atoms with Crippen LogP contribution in [0.1, 0.15) is 19.4 Å². The zero-order chi connectivity index (χ0) is 19.0. The van der Waals surface area contributed by atoms with E-state index in [-0.39, 0.29) is 11.4 Å². The highest BCUT2D eigenvalue weighted by Gasteiger charge is 2.28. The zero-order valence-corrected chi connectivity index (χ0v) is 16.6. The lowest BCUT2D eigenvalue weighted by Gasteiger charge is -2.40. The summed E-state index contributed by atoms with van der Waals surface area (Å²) in [5, 5.41) is 3.06. The Balaban J connectivity index is 1.66. The first-order chi connectivity index (χ1) is 12.4. The zero-order valence-electron chi connectivity index (χ0n) is 16.6. The SMILES string of the molecule is Cc1ccccc1OCCN(C)CC(=O)NCC(C)(C)N1CCOCC1. The van der Waals surface area contributed by atoms with E-state index >= 15 is 0 Å². The van der Waals surface area contributed by atoms with Crippen molar-refractivity contribution in [2.24, 2.45) is 0 Å². The van der Waals surface area contributed by atoms with E-state index in [1.54, 1.807) is 0 Å². The summed E-state index contributed by atoms with van der Waals surface area (Å²) in [5.41, 5.74) is 1.06. The first-order valence-electron chi connectivity index (χ1n) is 9.35. The van der Waals surface area contributed by atoms with Gasteiger partial charge < -0.3 is 14.8 Å². The highest BCUT2D eigenvalue weighted by molar-refractivity contribution is 5.78. The molecule has 1 saturated heterocycles. The van der Waals surface area contributed by atoms with Gasteiger partial charge in [0.25, 0.3) is 0 Å². The first-order valence-corrected chi connectivity index (χ1v) is 9.35. The molecule has 1 aromatic rings. The fraction of sp³-hybridized carbons (Fsp3) is 0.650. The summed E-state index contributed by atoms with van der Waals surface area (Å²) in [4.78, 5) is 16.6. The van der Waals surface area contributed by atoms with E-state index in [1.165, 1.54) is 0 Å². The van der Waals surface area contributed by atoms with Gasteiger partial charge in [-0.05, 0) is 39.4 Å². The van der Waals surface area contributed by atoms with Crippen molar-refractivity contribution in [3.63, 3.8) is 0 Å². The summed E-state index contributed by atoms with van der Waals surface area (Å²) in [6.45, 7) is 12.0. The normalized spacial score (nSPS) is 15.9. The number of benzene rings is 1. The van der Waals surface area contributed by atoms with Gasteiger partial charge in [-0.3, -0.25) is 14.6 Å². The lowest BCUT2D eigenvalue weighted by atomic mass is 10.0. The lowest BCUT2D eigenvalue weighted by Crippen LogP contribution is -2.56. The van der Waals surface area contributed by atoms with E-state index in [0.29, 0.717) is 26.2 Å². The van der Waals surface area contributed by atoms with Gasteiger partial charge in [-0.1, -0.05) is 18.2 Å². The van der Waals surface area contributed by atoms with Crippen molar-refractivity contribution in [2.75, 3.05) is 59.6 Å². The predicted octanol–water partition coefficient (Wildman–Crippen LogP) is 1.53. The molecule has 1 aliphatic heterocycles. The van der Waals surface area contributed by atoms with Crippen LogP contribution in [0.15, 0.2) is 24.3 Å². The summed E-state index contributed by atoms with van der Waals surface area (Å²) in [6, 6.07) is 7.96. The molecule has 146 valence electrons. The van der Waals surface area contributed by atoms with Gasteiger partial charge in [0.2, 0.25) is 5.91 Å². The van der Waals surface area contributed by atoms with E-state index in [1.807, 2.05) is 43.1 Å². The summed E-state index contributed by atoms with van der Waals surface area (Å²) in [6.07, 6.45) is 0. The number of carbonyl (C=O) groups is 1. The minimum absolute atomic E-state index is 0.0460. The van der Waals surface area contributed by atoms with Crippen molar-refractivity contribution in [3.8, 4) is 5.75 Å². The van der Waals surface area contributed by atoms with Crippen LogP contribution in [-0.4, -0.2) is 80.8 Å². The Hall–Kier alpha value is -1.63. The molecular formula is C20H33N3O3. The molecule has 0 bridgehead atoms. The van der Waals surface area contributed by atoms with Gasteiger partial charge in [0.05, 0.1) is 19.8 Å². The van der Waals surface area contributed by atoms with Crippen molar-refractivity contribution in [1.29, 1.82) is 0 Å². The number of aryl methyl sites for hydroxylation is 1. The van der Waals surface area contributed by atoms with Crippen molar-refractivity contribution in [2.45, 2.75) is 26.3 Å². The molecule has 0 radical (unpaired) electrons. The average Bonchev–Trinajstić information content (AvgIpc) is 2.62. The van der Waals surface area contributed by atoms with Crippen LogP contribution in [0, 0.1) is 6.92 Å². The summed E-state index contributed by atoms with van der Waals surface area (Å²) in [5.74, 6) is 0.947. The molecule has 1 aliphatic rings. The number of nitrogens with zero attached hydrogens (tertiary/aromatic N) is 2. The van der Waals surface area contributed by atoms with Gasteiger partial charge in [0.1, 0.15) is 12.4 Å². The van der Waals surface area contributed by atoms with E-state index < -0.39 is 0 Å². The Morgan fingerprint density at radius 3 is 2.69 bits per heavy atom. The van der Waals surface area contributed by atoms with Crippen LogP contribution in [0.2, 0.25) is 0 Å². The second-order valence-electron chi connectivity index (χ2n) is 7.54. The molecular weight excluding hydrogens is 330 g/mol. The largest absolute Gasteiger partial charge is 0.492 e.